The minimum atomic E-state index is -0.120. The summed E-state index contributed by atoms with van der Waals surface area (Å²) in [5.74, 6) is 0.494. The second-order valence-corrected chi connectivity index (χ2v) is 8.29. The number of hydrogen-bond donors (Lipinski definition) is 1. The molecule has 3 rings (SSSR count). The first-order chi connectivity index (χ1) is 12.8. The summed E-state index contributed by atoms with van der Waals surface area (Å²) in [5, 5.41) is 2.91. The molecule has 2 heterocycles. The molecular weight excluding hydrogens is 336 g/mol. The lowest BCUT2D eigenvalue weighted by molar-refractivity contribution is 0.102. The van der Waals surface area contributed by atoms with Crippen LogP contribution in [0.1, 0.15) is 34.8 Å². The summed E-state index contributed by atoms with van der Waals surface area (Å²) < 4.78 is 0. The van der Waals surface area contributed by atoms with Crippen LogP contribution in [0.15, 0.2) is 42.6 Å². The van der Waals surface area contributed by atoms with Crippen LogP contribution in [0.2, 0.25) is 0 Å². The van der Waals surface area contributed by atoms with Crippen LogP contribution < -0.4 is 5.32 Å². The van der Waals surface area contributed by atoms with Gasteiger partial charge in [0.1, 0.15) is 5.82 Å². The second-order valence-electron chi connectivity index (χ2n) is 8.29. The SMILES string of the molecule is Cc1cccnc1NC(=O)c1cccc(CN(C)C[C@@]2(C)CCN(C)C2)c1. The van der Waals surface area contributed by atoms with Gasteiger partial charge >= 0.3 is 0 Å². The molecule has 1 aliphatic rings. The van der Waals surface area contributed by atoms with Gasteiger partial charge in [-0.1, -0.05) is 25.1 Å². The molecule has 5 nitrogen and oxygen atoms in total. The van der Waals surface area contributed by atoms with E-state index in [1.165, 1.54) is 13.0 Å². The van der Waals surface area contributed by atoms with Crippen LogP contribution in [0.3, 0.4) is 0 Å². The number of aryl methyl sites for hydroxylation is 1. The Bertz CT molecular complexity index is 806. The molecule has 1 aromatic heterocycles. The third kappa shape index (κ3) is 5.15. The lowest BCUT2D eigenvalue weighted by Gasteiger charge is -2.30. The van der Waals surface area contributed by atoms with E-state index >= 15 is 0 Å². The maximum absolute atomic E-state index is 12.6. The number of likely N-dealkylation sites (tertiary alicyclic amines) is 1. The van der Waals surface area contributed by atoms with Gasteiger partial charge in [-0.2, -0.15) is 0 Å². The molecule has 1 saturated heterocycles. The Labute approximate surface area is 162 Å². The van der Waals surface area contributed by atoms with E-state index in [2.05, 4.69) is 47.2 Å². The second kappa shape index (κ2) is 8.19. The molecule has 0 radical (unpaired) electrons. The van der Waals surface area contributed by atoms with E-state index in [1.807, 2.05) is 37.3 Å². The molecule has 144 valence electrons. The van der Waals surface area contributed by atoms with Crippen molar-refractivity contribution in [3.05, 3.63) is 59.3 Å². The van der Waals surface area contributed by atoms with E-state index in [1.54, 1.807) is 6.20 Å². The fourth-order valence-corrected chi connectivity index (χ4v) is 4.03. The van der Waals surface area contributed by atoms with Crippen molar-refractivity contribution in [2.45, 2.75) is 26.8 Å². The van der Waals surface area contributed by atoms with Gasteiger partial charge in [0.2, 0.25) is 0 Å². The number of benzene rings is 1. The van der Waals surface area contributed by atoms with Crippen molar-refractivity contribution in [3.63, 3.8) is 0 Å². The van der Waals surface area contributed by atoms with Gasteiger partial charge in [0.25, 0.3) is 5.91 Å². The summed E-state index contributed by atoms with van der Waals surface area (Å²) in [6, 6.07) is 11.7. The molecular formula is C22H30N4O. The van der Waals surface area contributed by atoms with Gasteiger partial charge in [-0.3, -0.25) is 4.79 Å². The first-order valence-corrected chi connectivity index (χ1v) is 9.54. The molecule has 1 aromatic carbocycles. The van der Waals surface area contributed by atoms with Crippen LogP contribution in [0.5, 0.6) is 0 Å². The summed E-state index contributed by atoms with van der Waals surface area (Å²) in [6.45, 7) is 8.52. The van der Waals surface area contributed by atoms with Gasteiger partial charge in [0.15, 0.2) is 0 Å². The first-order valence-electron chi connectivity index (χ1n) is 9.54. The van der Waals surface area contributed by atoms with E-state index < -0.39 is 0 Å². The highest BCUT2D eigenvalue weighted by Gasteiger charge is 2.32. The minimum absolute atomic E-state index is 0.120. The zero-order chi connectivity index (χ0) is 19.4. The molecule has 2 aromatic rings. The van der Waals surface area contributed by atoms with Gasteiger partial charge in [-0.15, -0.1) is 0 Å². The molecule has 0 unspecified atom stereocenters. The van der Waals surface area contributed by atoms with Gasteiger partial charge in [-0.05, 0) is 68.7 Å². The molecule has 0 saturated carbocycles. The van der Waals surface area contributed by atoms with Crippen molar-refractivity contribution in [2.24, 2.45) is 5.41 Å². The lowest BCUT2D eigenvalue weighted by atomic mass is 9.89. The summed E-state index contributed by atoms with van der Waals surface area (Å²) in [6.07, 6.45) is 2.93. The normalized spacial score (nSPS) is 20.2. The summed E-state index contributed by atoms with van der Waals surface area (Å²) in [4.78, 5) is 21.6. The Morgan fingerprint density at radius 3 is 2.85 bits per heavy atom. The Balaban J connectivity index is 1.63. The van der Waals surface area contributed by atoms with Gasteiger partial charge in [0.05, 0.1) is 0 Å². The number of nitrogens with zero attached hydrogens (tertiary/aromatic N) is 3. The molecule has 1 aliphatic heterocycles. The quantitative estimate of drug-likeness (QED) is 0.851. The van der Waals surface area contributed by atoms with E-state index in [-0.39, 0.29) is 5.91 Å². The molecule has 27 heavy (non-hydrogen) atoms. The molecule has 1 atom stereocenters. The molecule has 1 amide bonds. The Morgan fingerprint density at radius 2 is 2.15 bits per heavy atom. The van der Waals surface area contributed by atoms with Crippen molar-refractivity contribution in [1.82, 2.24) is 14.8 Å². The Hall–Kier alpha value is -2.24. The fraction of sp³-hybridized carbons (Fsp3) is 0.455. The monoisotopic (exact) mass is 366 g/mol. The lowest BCUT2D eigenvalue weighted by Crippen LogP contribution is -2.35. The highest BCUT2D eigenvalue weighted by molar-refractivity contribution is 6.04. The van der Waals surface area contributed by atoms with E-state index in [9.17, 15) is 4.79 Å². The molecule has 0 bridgehead atoms. The number of rotatable bonds is 6. The van der Waals surface area contributed by atoms with Crippen LogP contribution in [-0.2, 0) is 6.54 Å². The largest absolute Gasteiger partial charge is 0.306 e. The fourth-order valence-electron chi connectivity index (χ4n) is 4.03. The van der Waals surface area contributed by atoms with Gasteiger partial charge in [-0.25, -0.2) is 4.98 Å². The van der Waals surface area contributed by atoms with Crippen LogP contribution in [0, 0.1) is 12.3 Å². The van der Waals surface area contributed by atoms with Crippen molar-refractivity contribution in [1.29, 1.82) is 0 Å². The summed E-state index contributed by atoms with van der Waals surface area (Å²) in [5.41, 5.74) is 3.11. The smallest absolute Gasteiger partial charge is 0.256 e. The predicted molar refractivity (Wildman–Crippen MR) is 110 cm³/mol. The third-order valence-electron chi connectivity index (χ3n) is 5.28. The average Bonchev–Trinajstić information content (AvgIpc) is 2.95. The van der Waals surface area contributed by atoms with Crippen LogP contribution in [0.25, 0.3) is 0 Å². The summed E-state index contributed by atoms with van der Waals surface area (Å²) in [7, 11) is 4.35. The number of carbonyl (C=O) groups is 1. The standard InChI is InChI=1S/C22H30N4O/c1-17-7-6-11-23-20(17)24-21(27)19-9-5-8-18(13-19)14-26(4)16-22(2)10-12-25(3)15-22/h5-9,11,13H,10,12,14-16H2,1-4H3,(H,23,24,27)/t22-/m0/s1. The molecule has 5 heteroatoms. The van der Waals surface area contributed by atoms with Crippen molar-refractivity contribution < 1.29 is 4.79 Å². The summed E-state index contributed by atoms with van der Waals surface area (Å²) >= 11 is 0. The topological polar surface area (TPSA) is 48.5 Å². The van der Waals surface area contributed by atoms with Crippen molar-refractivity contribution in [2.75, 3.05) is 39.0 Å². The number of nitrogens with one attached hydrogen (secondary N) is 1. The number of pyridine rings is 1. The first kappa shape index (κ1) is 19.5. The predicted octanol–water partition coefficient (Wildman–Crippen LogP) is 3.42. The maximum Gasteiger partial charge on any atom is 0.256 e. The maximum atomic E-state index is 12.6. The number of hydrogen-bond acceptors (Lipinski definition) is 4. The molecule has 1 fully saturated rings. The minimum Gasteiger partial charge on any atom is -0.306 e. The van der Waals surface area contributed by atoms with E-state index in [0.717, 1.165) is 30.8 Å². The number of carbonyl (C=O) groups excluding carboxylic acids is 1. The van der Waals surface area contributed by atoms with Crippen LogP contribution in [0.4, 0.5) is 5.82 Å². The van der Waals surface area contributed by atoms with Crippen LogP contribution >= 0.6 is 0 Å². The molecule has 1 N–H and O–H groups in total. The highest BCUT2D eigenvalue weighted by Crippen LogP contribution is 2.30. The Kier molecular flexibility index (Phi) is 5.92. The average molecular weight is 367 g/mol. The van der Waals surface area contributed by atoms with E-state index in [4.69, 9.17) is 0 Å². The third-order valence-corrected chi connectivity index (χ3v) is 5.28. The number of amides is 1. The highest BCUT2D eigenvalue weighted by atomic mass is 16.1. The van der Waals surface area contributed by atoms with Gasteiger partial charge < -0.3 is 15.1 Å². The zero-order valence-corrected chi connectivity index (χ0v) is 16.8. The zero-order valence-electron chi connectivity index (χ0n) is 16.8. The number of anilines is 1. The van der Waals surface area contributed by atoms with Crippen molar-refractivity contribution in [3.8, 4) is 0 Å². The van der Waals surface area contributed by atoms with E-state index in [0.29, 0.717) is 16.8 Å². The van der Waals surface area contributed by atoms with Gasteiger partial charge in [0, 0.05) is 31.4 Å². The van der Waals surface area contributed by atoms with Crippen molar-refractivity contribution >= 4 is 11.7 Å². The molecule has 0 spiro atoms. The molecule has 0 aliphatic carbocycles. The Morgan fingerprint density at radius 1 is 1.33 bits per heavy atom. The van der Waals surface area contributed by atoms with Crippen LogP contribution in [-0.4, -0.2) is 54.4 Å². The number of aromatic nitrogens is 1.